The van der Waals surface area contributed by atoms with Crippen LogP contribution in [-0.4, -0.2) is 24.9 Å². The lowest BCUT2D eigenvalue weighted by Crippen LogP contribution is -2.15. The Bertz CT molecular complexity index is 357. The van der Waals surface area contributed by atoms with Crippen molar-refractivity contribution in [3.8, 4) is 18.1 Å². The molecule has 0 saturated carbocycles. The Labute approximate surface area is 103 Å². The van der Waals surface area contributed by atoms with Gasteiger partial charge in [0.05, 0.1) is 0 Å². The molecule has 1 aromatic carbocycles. The Balaban J connectivity index is 2.38. The summed E-state index contributed by atoms with van der Waals surface area (Å²) in [7, 11) is 0. The highest BCUT2D eigenvalue weighted by molar-refractivity contribution is 5.33. The fourth-order valence-corrected chi connectivity index (χ4v) is 1.49. The molecule has 2 N–H and O–H groups in total. The third-order valence-electron chi connectivity index (χ3n) is 2.36. The minimum absolute atomic E-state index is 0.254. The van der Waals surface area contributed by atoms with E-state index in [1.54, 1.807) is 0 Å². The highest BCUT2D eigenvalue weighted by Crippen LogP contribution is 2.17. The number of aliphatic hydroxyl groups is 1. The first kappa shape index (κ1) is 13.6. The minimum Gasteiger partial charge on any atom is -0.481 e. The number of nitrogens with one attached hydrogen (secondary N) is 1. The third-order valence-corrected chi connectivity index (χ3v) is 2.36. The molecule has 0 radical (unpaired) electrons. The second kappa shape index (κ2) is 8.63. The number of terminal acetylenes is 1. The smallest absolute Gasteiger partial charge is 0.148 e. The van der Waals surface area contributed by atoms with Crippen LogP contribution in [0.25, 0.3) is 0 Å². The third kappa shape index (κ3) is 5.39. The van der Waals surface area contributed by atoms with E-state index in [1.807, 2.05) is 24.3 Å². The van der Waals surface area contributed by atoms with E-state index in [-0.39, 0.29) is 6.61 Å². The average Bonchev–Trinajstić information content (AvgIpc) is 2.37. The molecule has 0 aliphatic rings. The maximum absolute atomic E-state index is 8.66. The number of hydrogen-bond acceptors (Lipinski definition) is 3. The topological polar surface area (TPSA) is 41.5 Å². The Morgan fingerprint density at radius 2 is 2.12 bits per heavy atom. The SMILES string of the molecule is C#CCOc1ccccc1CNCCCCO. The van der Waals surface area contributed by atoms with Gasteiger partial charge in [-0.15, -0.1) is 6.42 Å². The number of unbranched alkanes of at least 4 members (excludes halogenated alkanes) is 1. The van der Waals surface area contributed by atoms with Crippen LogP contribution < -0.4 is 10.1 Å². The van der Waals surface area contributed by atoms with Crippen LogP contribution in [0.1, 0.15) is 18.4 Å². The number of para-hydroxylation sites is 1. The lowest BCUT2D eigenvalue weighted by molar-refractivity contribution is 0.283. The zero-order valence-electron chi connectivity index (χ0n) is 9.98. The fourth-order valence-electron chi connectivity index (χ4n) is 1.49. The molecule has 3 nitrogen and oxygen atoms in total. The van der Waals surface area contributed by atoms with Crippen molar-refractivity contribution >= 4 is 0 Å². The Morgan fingerprint density at radius 3 is 2.88 bits per heavy atom. The van der Waals surface area contributed by atoms with E-state index < -0.39 is 0 Å². The molecule has 0 amide bonds. The van der Waals surface area contributed by atoms with Gasteiger partial charge in [-0.25, -0.2) is 0 Å². The van der Waals surface area contributed by atoms with Gasteiger partial charge in [-0.05, 0) is 25.5 Å². The predicted molar refractivity (Wildman–Crippen MR) is 68.8 cm³/mol. The summed E-state index contributed by atoms with van der Waals surface area (Å²) in [5.41, 5.74) is 1.10. The van der Waals surface area contributed by atoms with Gasteiger partial charge in [-0.1, -0.05) is 24.1 Å². The van der Waals surface area contributed by atoms with Gasteiger partial charge in [0.1, 0.15) is 12.4 Å². The highest BCUT2D eigenvalue weighted by atomic mass is 16.5. The summed E-state index contributed by atoms with van der Waals surface area (Å²) in [6.07, 6.45) is 6.98. The van der Waals surface area contributed by atoms with Crippen LogP contribution in [0, 0.1) is 12.3 Å². The van der Waals surface area contributed by atoms with Crippen LogP contribution in [0.15, 0.2) is 24.3 Å². The minimum atomic E-state index is 0.254. The van der Waals surface area contributed by atoms with Crippen molar-refractivity contribution < 1.29 is 9.84 Å². The molecule has 3 heteroatoms. The molecular weight excluding hydrogens is 214 g/mol. The van der Waals surface area contributed by atoms with Crippen LogP contribution in [0.5, 0.6) is 5.75 Å². The summed E-state index contributed by atoms with van der Waals surface area (Å²) in [6.45, 7) is 2.20. The number of rotatable bonds is 8. The molecule has 1 rings (SSSR count). The lowest BCUT2D eigenvalue weighted by Gasteiger charge is -2.10. The van der Waals surface area contributed by atoms with Gasteiger partial charge in [-0.3, -0.25) is 0 Å². The molecule has 92 valence electrons. The molecule has 0 bridgehead atoms. The van der Waals surface area contributed by atoms with Crippen molar-refractivity contribution in [1.29, 1.82) is 0 Å². The molecule has 0 aliphatic carbocycles. The van der Waals surface area contributed by atoms with Crippen LogP contribution in [0.2, 0.25) is 0 Å². The molecule has 0 atom stereocenters. The molecule has 0 spiro atoms. The molecule has 0 unspecified atom stereocenters. The van der Waals surface area contributed by atoms with Crippen molar-refractivity contribution in [1.82, 2.24) is 5.32 Å². The van der Waals surface area contributed by atoms with Crippen molar-refractivity contribution in [2.45, 2.75) is 19.4 Å². The molecule has 1 aromatic rings. The molecule has 0 aromatic heterocycles. The molecule has 0 heterocycles. The van der Waals surface area contributed by atoms with Crippen LogP contribution in [0.4, 0.5) is 0 Å². The Kier molecular flexibility index (Phi) is 6.89. The molecule has 17 heavy (non-hydrogen) atoms. The summed E-state index contributed by atoms with van der Waals surface area (Å²) in [6, 6.07) is 7.85. The van der Waals surface area contributed by atoms with Gasteiger partial charge in [0, 0.05) is 18.7 Å². The summed E-state index contributed by atoms with van der Waals surface area (Å²) in [5.74, 6) is 3.29. The first-order valence-electron chi connectivity index (χ1n) is 5.84. The zero-order valence-corrected chi connectivity index (χ0v) is 9.98. The maximum Gasteiger partial charge on any atom is 0.148 e. The molecular formula is C14H19NO2. The quantitative estimate of drug-likeness (QED) is 0.529. The van der Waals surface area contributed by atoms with Crippen molar-refractivity contribution in [3.63, 3.8) is 0 Å². The molecule has 0 saturated heterocycles. The summed E-state index contributed by atoms with van der Waals surface area (Å²) in [4.78, 5) is 0. The normalized spacial score (nSPS) is 9.88. The number of benzene rings is 1. The van der Waals surface area contributed by atoms with Gasteiger partial charge in [0.2, 0.25) is 0 Å². The van der Waals surface area contributed by atoms with Gasteiger partial charge in [0.25, 0.3) is 0 Å². The van der Waals surface area contributed by atoms with Gasteiger partial charge in [-0.2, -0.15) is 0 Å². The van der Waals surface area contributed by atoms with E-state index in [9.17, 15) is 0 Å². The van der Waals surface area contributed by atoms with Crippen molar-refractivity contribution in [3.05, 3.63) is 29.8 Å². The summed E-state index contributed by atoms with van der Waals surface area (Å²) >= 11 is 0. The van der Waals surface area contributed by atoms with E-state index in [0.29, 0.717) is 6.61 Å². The van der Waals surface area contributed by atoms with E-state index in [0.717, 1.165) is 37.2 Å². The van der Waals surface area contributed by atoms with Gasteiger partial charge in [0.15, 0.2) is 0 Å². The maximum atomic E-state index is 8.66. The van der Waals surface area contributed by atoms with E-state index >= 15 is 0 Å². The van der Waals surface area contributed by atoms with E-state index in [2.05, 4.69) is 11.2 Å². The first-order valence-corrected chi connectivity index (χ1v) is 5.84. The largest absolute Gasteiger partial charge is 0.481 e. The second-order valence-electron chi connectivity index (χ2n) is 3.71. The monoisotopic (exact) mass is 233 g/mol. The summed E-state index contributed by atoms with van der Waals surface area (Å²) in [5, 5.41) is 12.0. The first-order chi connectivity index (χ1) is 8.38. The van der Waals surface area contributed by atoms with Gasteiger partial charge < -0.3 is 15.2 Å². The molecule has 0 fully saturated rings. The highest BCUT2D eigenvalue weighted by Gasteiger charge is 2.01. The number of aliphatic hydroxyl groups excluding tert-OH is 1. The van der Waals surface area contributed by atoms with Crippen LogP contribution in [-0.2, 0) is 6.54 Å². The van der Waals surface area contributed by atoms with E-state index in [4.69, 9.17) is 16.3 Å². The summed E-state index contributed by atoms with van der Waals surface area (Å²) < 4.78 is 5.45. The second-order valence-corrected chi connectivity index (χ2v) is 3.71. The van der Waals surface area contributed by atoms with Crippen LogP contribution >= 0.6 is 0 Å². The van der Waals surface area contributed by atoms with Gasteiger partial charge >= 0.3 is 0 Å². The average molecular weight is 233 g/mol. The fraction of sp³-hybridized carbons (Fsp3) is 0.429. The molecule has 0 aliphatic heterocycles. The lowest BCUT2D eigenvalue weighted by atomic mass is 10.2. The van der Waals surface area contributed by atoms with Crippen molar-refractivity contribution in [2.75, 3.05) is 19.8 Å². The Hall–Kier alpha value is -1.50. The number of ether oxygens (including phenoxy) is 1. The predicted octanol–water partition coefficient (Wildman–Crippen LogP) is 1.56. The van der Waals surface area contributed by atoms with Crippen molar-refractivity contribution in [2.24, 2.45) is 0 Å². The number of hydrogen-bond donors (Lipinski definition) is 2. The Morgan fingerprint density at radius 1 is 1.29 bits per heavy atom. The standard InChI is InChI=1S/C14H19NO2/c1-2-11-17-14-8-4-3-7-13(14)12-15-9-5-6-10-16/h1,3-4,7-8,15-16H,5-6,9-12H2. The van der Waals surface area contributed by atoms with E-state index in [1.165, 1.54) is 0 Å². The zero-order chi connectivity index (χ0) is 12.3. The van der Waals surface area contributed by atoms with Crippen LogP contribution in [0.3, 0.4) is 0 Å².